The van der Waals surface area contributed by atoms with Crippen molar-refractivity contribution in [3.8, 4) is 5.75 Å². The molecule has 0 aliphatic rings. The van der Waals surface area contributed by atoms with Gasteiger partial charge in [-0.2, -0.15) is 0 Å². The average molecular weight is 447 g/mol. The van der Waals surface area contributed by atoms with E-state index in [4.69, 9.17) is 9.15 Å². The molecule has 1 amide bonds. The fourth-order valence-electron chi connectivity index (χ4n) is 3.17. The van der Waals surface area contributed by atoms with Crippen LogP contribution in [0.15, 0.2) is 65.3 Å². The molecule has 1 N–H and O–H groups in total. The van der Waals surface area contributed by atoms with Gasteiger partial charge in [0.25, 0.3) is 5.91 Å². The summed E-state index contributed by atoms with van der Waals surface area (Å²) in [5.41, 5.74) is 2.86. The van der Waals surface area contributed by atoms with Gasteiger partial charge >= 0.3 is 5.69 Å². The predicted octanol–water partition coefficient (Wildman–Crippen LogP) is 4.28. The number of carbonyl (C=O) groups is 1. The zero-order chi connectivity index (χ0) is 23.4. The lowest BCUT2D eigenvalue weighted by molar-refractivity contribution is -0.386. The lowest BCUT2D eigenvalue weighted by atomic mass is 10.1. The Labute approximate surface area is 189 Å². The number of benzene rings is 2. The number of aryl methyl sites for hydroxylation is 2. The first kappa shape index (κ1) is 21.8. The number of ether oxygens (including phenoxy) is 1. The number of nitrogens with one attached hydrogen (secondary N) is 1. The van der Waals surface area contributed by atoms with Crippen LogP contribution in [0.3, 0.4) is 0 Å². The van der Waals surface area contributed by atoms with Gasteiger partial charge in [-0.3, -0.25) is 20.2 Å². The van der Waals surface area contributed by atoms with Gasteiger partial charge in [0.2, 0.25) is 5.95 Å². The van der Waals surface area contributed by atoms with E-state index in [1.54, 1.807) is 23.7 Å². The van der Waals surface area contributed by atoms with Crippen molar-refractivity contribution in [3.05, 3.63) is 99.2 Å². The lowest BCUT2D eigenvalue weighted by Crippen LogP contribution is -2.12. The molecule has 0 saturated carbocycles. The van der Waals surface area contributed by atoms with Crippen molar-refractivity contribution in [1.29, 1.82) is 0 Å². The molecule has 4 rings (SSSR count). The number of aromatic nitrogens is 3. The molecule has 0 bridgehead atoms. The Balaban J connectivity index is 1.36. The molecule has 2 aromatic heterocycles. The topological polar surface area (TPSA) is 125 Å². The van der Waals surface area contributed by atoms with Crippen molar-refractivity contribution in [2.24, 2.45) is 0 Å². The number of amides is 1. The van der Waals surface area contributed by atoms with Crippen LogP contribution in [-0.2, 0) is 13.2 Å². The summed E-state index contributed by atoms with van der Waals surface area (Å²) in [5, 5.41) is 18.1. The summed E-state index contributed by atoms with van der Waals surface area (Å²) >= 11 is 0. The summed E-state index contributed by atoms with van der Waals surface area (Å²) in [4.78, 5) is 27.3. The maximum Gasteiger partial charge on any atom is 0.311 e. The van der Waals surface area contributed by atoms with Crippen LogP contribution in [0.5, 0.6) is 5.75 Å². The minimum Gasteiger partial charge on any atom is -0.479 e. The Hall–Kier alpha value is -4.47. The predicted molar refractivity (Wildman–Crippen MR) is 119 cm³/mol. The maximum atomic E-state index is 12.5. The highest BCUT2D eigenvalue weighted by Crippen LogP contribution is 2.28. The SMILES string of the molecule is Cc1ccc(OCc2ccc(C(=O)Nc3ncn(Cc4ccccc4C)n3)o2)c([N+](=O)[O-])c1. The Morgan fingerprint density at radius 1 is 1.18 bits per heavy atom. The van der Waals surface area contributed by atoms with Gasteiger partial charge < -0.3 is 9.15 Å². The van der Waals surface area contributed by atoms with Crippen LogP contribution >= 0.6 is 0 Å². The summed E-state index contributed by atoms with van der Waals surface area (Å²) < 4.78 is 12.7. The van der Waals surface area contributed by atoms with E-state index < -0.39 is 10.8 Å². The van der Waals surface area contributed by atoms with Crippen molar-refractivity contribution in [2.45, 2.75) is 27.0 Å². The van der Waals surface area contributed by atoms with E-state index in [0.29, 0.717) is 12.3 Å². The van der Waals surface area contributed by atoms with E-state index in [-0.39, 0.29) is 29.8 Å². The summed E-state index contributed by atoms with van der Waals surface area (Å²) in [5.74, 6) is 0.140. The normalized spacial score (nSPS) is 10.7. The van der Waals surface area contributed by atoms with Gasteiger partial charge in [0, 0.05) is 6.07 Å². The fourth-order valence-corrected chi connectivity index (χ4v) is 3.17. The quantitative estimate of drug-likeness (QED) is 0.316. The molecular formula is C23H21N5O5. The molecule has 0 saturated heterocycles. The molecule has 0 fully saturated rings. The van der Waals surface area contributed by atoms with Crippen LogP contribution < -0.4 is 10.1 Å². The Morgan fingerprint density at radius 2 is 2.00 bits per heavy atom. The van der Waals surface area contributed by atoms with Crippen LogP contribution in [-0.4, -0.2) is 25.6 Å². The molecule has 10 heteroatoms. The molecule has 4 aromatic rings. The van der Waals surface area contributed by atoms with Crippen molar-refractivity contribution < 1.29 is 18.9 Å². The van der Waals surface area contributed by atoms with Crippen molar-refractivity contribution >= 4 is 17.5 Å². The van der Waals surface area contributed by atoms with E-state index in [0.717, 1.165) is 16.7 Å². The van der Waals surface area contributed by atoms with Gasteiger partial charge in [-0.25, -0.2) is 9.67 Å². The first-order valence-corrected chi connectivity index (χ1v) is 10.1. The van der Waals surface area contributed by atoms with Gasteiger partial charge in [0.15, 0.2) is 11.5 Å². The van der Waals surface area contributed by atoms with Crippen molar-refractivity contribution in [3.63, 3.8) is 0 Å². The molecule has 0 unspecified atom stereocenters. The zero-order valence-electron chi connectivity index (χ0n) is 18.0. The number of hydrogen-bond acceptors (Lipinski definition) is 7. The second-order valence-electron chi connectivity index (χ2n) is 7.43. The summed E-state index contributed by atoms with van der Waals surface area (Å²) in [6.45, 7) is 4.24. The summed E-state index contributed by atoms with van der Waals surface area (Å²) in [7, 11) is 0. The number of carbonyl (C=O) groups excluding carboxylic acids is 1. The van der Waals surface area contributed by atoms with Gasteiger partial charge in [-0.05, 0) is 48.7 Å². The molecular weight excluding hydrogens is 426 g/mol. The van der Waals surface area contributed by atoms with E-state index in [1.165, 1.54) is 24.5 Å². The number of anilines is 1. The highest BCUT2D eigenvalue weighted by atomic mass is 16.6. The van der Waals surface area contributed by atoms with Crippen LogP contribution in [0, 0.1) is 24.0 Å². The van der Waals surface area contributed by atoms with E-state index in [2.05, 4.69) is 15.4 Å². The number of nitro benzene ring substituents is 1. The third-order valence-electron chi connectivity index (χ3n) is 4.92. The van der Waals surface area contributed by atoms with Crippen LogP contribution in [0.2, 0.25) is 0 Å². The van der Waals surface area contributed by atoms with Gasteiger partial charge in [0.1, 0.15) is 18.7 Å². The first-order valence-electron chi connectivity index (χ1n) is 10.1. The van der Waals surface area contributed by atoms with Gasteiger partial charge in [-0.1, -0.05) is 30.3 Å². The molecule has 2 aromatic carbocycles. The molecule has 33 heavy (non-hydrogen) atoms. The molecule has 2 heterocycles. The molecule has 0 spiro atoms. The number of hydrogen-bond donors (Lipinski definition) is 1. The molecule has 168 valence electrons. The fraction of sp³-hybridized carbons (Fsp3) is 0.174. The Morgan fingerprint density at radius 3 is 2.79 bits per heavy atom. The van der Waals surface area contributed by atoms with Crippen LogP contribution in [0.4, 0.5) is 11.6 Å². The van der Waals surface area contributed by atoms with Crippen LogP contribution in [0.25, 0.3) is 0 Å². The number of rotatable bonds is 8. The van der Waals surface area contributed by atoms with E-state index >= 15 is 0 Å². The van der Waals surface area contributed by atoms with Crippen LogP contribution in [0.1, 0.15) is 33.0 Å². The highest BCUT2D eigenvalue weighted by molar-refractivity contribution is 6.01. The van der Waals surface area contributed by atoms with Gasteiger partial charge in [0.05, 0.1) is 11.5 Å². The Bertz CT molecular complexity index is 1310. The monoisotopic (exact) mass is 447 g/mol. The number of furan rings is 1. The average Bonchev–Trinajstić information content (AvgIpc) is 3.44. The smallest absolute Gasteiger partial charge is 0.311 e. The summed E-state index contributed by atoms with van der Waals surface area (Å²) in [6.07, 6.45) is 1.54. The molecule has 0 radical (unpaired) electrons. The molecule has 0 aliphatic heterocycles. The third-order valence-corrected chi connectivity index (χ3v) is 4.92. The first-order chi connectivity index (χ1) is 15.9. The minimum absolute atomic E-state index is 0.0438. The largest absolute Gasteiger partial charge is 0.479 e. The maximum absolute atomic E-state index is 12.5. The highest BCUT2D eigenvalue weighted by Gasteiger charge is 2.17. The lowest BCUT2D eigenvalue weighted by Gasteiger charge is -2.05. The molecule has 0 atom stereocenters. The standard InChI is InChI=1S/C23H21N5O5/c1-15-7-9-20(19(11-15)28(30)31)32-13-18-8-10-21(33-18)22(29)25-23-24-14-27(26-23)12-17-6-4-3-5-16(17)2/h3-11,14H,12-13H2,1-2H3,(H,25,26,29). The Kier molecular flexibility index (Phi) is 6.16. The molecule has 0 aliphatic carbocycles. The number of nitro groups is 1. The number of nitrogens with zero attached hydrogens (tertiary/aromatic N) is 4. The van der Waals surface area contributed by atoms with E-state index in [1.807, 2.05) is 31.2 Å². The van der Waals surface area contributed by atoms with Gasteiger partial charge in [-0.15, -0.1) is 5.10 Å². The van der Waals surface area contributed by atoms with Crippen molar-refractivity contribution in [1.82, 2.24) is 14.8 Å². The second kappa shape index (κ2) is 9.35. The second-order valence-corrected chi connectivity index (χ2v) is 7.43. The van der Waals surface area contributed by atoms with Crippen molar-refractivity contribution in [2.75, 3.05) is 5.32 Å². The minimum atomic E-state index is -0.517. The molecule has 10 nitrogen and oxygen atoms in total. The third kappa shape index (κ3) is 5.24. The summed E-state index contributed by atoms with van der Waals surface area (Å²) in [6, 6.07) is 15.7. The van der Waals surface area contributed by atoms with E-state index in [9.17, 15) is 14.9 Å². The zero-order valence-corrected chi connectivity index (χ0v) is 18.0.